The molecule has 0 saturated carbocycles. The topological polar surface area (TPSA) is 62.6 Å². The molecule has 0 spiro atoms. The Hall–Kier alpha value is -1.12. The lowest BCUT2D eigenvalue weighted by Crippen LogP contribution is -2.29. The van der Waals surface area contributed by atoms with Gasteiger partial charge in [-0.1, -0.05) is 0 Å². The van der Waals surface area contributed by atoms with Crippen molar-refractivity contribution in [1.29, 1.82) is 5.26 Å². The zero-order valence-corrected chi connectivity index (χ0v) is 10.9. The number of hydrogen-bond acceptors (Lipinski definition) is 4. The van der Waals surface area contributed by atoms with Gasteiger partial charge in [0, 0.05) is 20.2 Å². The van der Waals surface area contributed by atoms with Crippen LogP contribution in [0.1, 0.15) is 26.7 Å². The summed E-state index contributed by atoms with van der Waals surface area (Å²) in [6.07, 6.45) is 0.717. The number of nitriles is 1. The van der Waals surface area contributed by atoms with E-state index in [-0.39, 0.29) is 12.0 Å². The van der Waals surface area contributed by atoms with Crippen LogP contribution in [0.4, 0.5) is 0 Å². The number of ether oxygens (including phenoxy) is 2. The van der Waals surface area contributed by atoms with Crippen LogP contribution in [0.5, 0.6) is 0 Å². The van der Waals surface area contributed by atoms with Crippen molar-refractivity contribution in [2.75, 3.05) is 33.4 Å². The van der Waals surface area contributed by atoms with E-state index in [1.54, 1.807) is 11.9 Å². The van der Waals surface area contributed by atoms with Gasteiger partial charge in [-0.3, -0.25) is 4.79 Å². The molecule has 5 nitrogen and oxygen atoms in total. The minimum absolute atomic E-state index is 0.00357. The van der Waals surface area contributed by atoms with E-state index < -0.39 is 0 Å². The van der Waals surface area contributed by atoms with Crippen LogP contribution >= 0.6 is 0 Å². The van der Waals surface area contributed by atoms with Gasteiger partial charge in [0.25, 0.3) is 0 Å². The van der Waals surface area contributed by atoms with E-state index in [1.807, 2.05) is 19.9 Å². The average molecular weight is 242 g/mol. The fourth-order valence-electron chi connectivity index (χ4n) is 1.21. The Morgan fingerprint density at radius 3 is 2.82 bits per heavy atom. The van der Waals surface area contributed by atoms with Crippen molar-refractivity contribution in [3.63, 3.8) is 0 Å². The van der Waals surface area contributed by atoms with Gasteiger partial charge in [-0.15, -0.1) is 0 Å². The Morgan fingerprint density at radius 2 is 2.24 bits per heavy atom. The first kappa shape index (κ1) is 15.9. The highest BCUT2D eigenvalue weighted by atomic mass is 16.5. The number of carbonyl (C=O) groups is 1. The molecular weight excluding hydrogens is 220 g/mol. The Bertz CT molecular complexity index is 251. The lowest BCUT2D eigenvalue weighted by atomic mass is 10.3. The van der Waals surface area contributed by atoms with Gasteiger partial charge >= 0.3 is 0 Å². The van der Waals surface area contributed by atoms with Crippen molar-refractivity contribution in [3.05, 3.63) is 0 Å². The van der Waals surface area contributed by atoms with Gasteiger partial charge in [-0.05, 0) is 13.8 Å². The van der Waals surface area contributed by atoms with Crippen LogP contribution in [0.25, 0.3) is 0 Å². The van der Waals surface area contributed by atoms with Gasteiger partial charge in [0.15, 0.2) is 0 Å². The van der Waals surface area contributed by atoms with Gasteiger partial charge in [-0.25, -0.2) is 0 Å². The molecule has 0 bridgehead atoms. The van der Waals surface area contributed by atoms with Crippen molar-refractivity contribution in [2.24, 2.45) is 0 Å². The molecule has 0 aromatic heterocycles. The molecule has 5 heteroatoms. The normalized spacial score (nSPS) is 11.9. The second-order valence-corrected chi connectivity index (χ2v) is 3.81. The Labute approximate surface area is 103 Å². The van der Waals surface area contributed by atoms with E-state index >= 15 is 0 Å². The highest BCUT2D eigenvalue weighted by Gasteiger charge is 2.09. The maximum atomic E-state index is 11.5. The van der Waals surface area contributed by atoms with Crippen LogP contribution in [-0.4, -0.2) is 50.3 Å². The van der Waals surface area contributed by atoms with Gasteiger partial charge < -0.3 is 14.4 Å². The first-order valence-corrected chi connectivity index (χ1v) is 5.92. The standard InChI is InChI=1S/C12H22N2O3/c1-4-16-10-11(2)17-9-6-12(15)14(3)8-5-7-13/h11H,4-6,8-10H2,1-3H3. The van der Waals surface area contributed by atoms with Crippen molar-refractivity contribution >= 4 is 5.91 Å². The Morgan fingerprint density at radius 1 is 1.53 bits per heavy atom. The molecule has 1 amide bonds. The maximum absolute atomic E-state index is 11.5. The van der Waals surface area contributed by atoms with E-state index in [9.17, 15) is 4.79 Å². The molecule has 98 valence electrons. The predicted molar refractivity (Wildman–Crippen MR) is 64.4 cm³/mol. The summed E-state index contributed by atoms with van der Waals surface area (Å²) < 4.78 is 10.6. The molecule has 0 aliphatic carbocycles. The molecule has 0 radical (unpaired) electrons. The van der Waals surface area contributed by atoms with E-state index in [0.29, 0.717) is 39.2 Å². The van der Waals surface area contributed by atoms with Crippen molar-refractivity contribution < 1.29 is 14.3 Å². The SMILES string of the molecule is CCOCC(C)OCCC(=O)N(C)CCC#N. The first-order chi connectivity index (χ1) is 8.11. The molecule has 0 fully saturated rings. The first-order valence-electron chi connectivity index (χ1n) is 5.92. The van der Waals surface area contributed by atoms with Crippen molar-refractivity contribution in [3.8, 4) is 6.07 Å². The predicted octanol–water partition coefficient (Wildman–Crippen LogP) is 1.19. The summed E-state index contributed by atoms with van der Waals surface area (Å²) in [7, 11) is 1.70. The van der Waals surface area contributed by atoms with E-state index in [2.05, 4.69) is 0 Å². The van der Waals surface area contributed by atoms with Crippen LogP contribution in [0, 0.1) is 11.3 Å². The van der Waals surface area contributed by atoms with Gasteiger partial charge in [0.2, 0.25) is 5.91 Å². The third-order valence-electron chi connectivity index (χ3n) is 2.26. The highest BCUT2D eigenvalue weighted by molar-refractivity contribution is 5.75. The fourth-order valence-corrected chi connectivity index (χ4v) is 1.21. The lowest BCUT2D eigenvalue weighted by Gasteiger charge is -2.17. The van der Waals surface area contributed by atoms with Crippen molar-refractivity contribution in [1.82, 2.24) is 4.90 Å². The van der Waals surface area contributed by atoms with Crippen molar-refractivity contribution in [2.45, 2.75) is 32.8 Å². The average Bonchev–Trinajstić information content (AvgIpc) is 2.33. The van der Waals surface area contributed by atoms with Crippen LogP contribution in [0.2, 0.25) is 0 Å². The second-order valence-electron chi connectivity index (χ2n) is 3.81. The Kier molecular flexibility index (Phi) is 9.40. The largest absolute Gasteiger partial charge is 0.379 e. The quantitative estimate of drug-likeness (QED) is 0.609. The molecular formula is C12H22N2O3. The van der Waals surface area contributed by atoms with Crippen LogP contribution in [0.15, 0.2) is 0 Å². The van der Waals surface area contributed by atoms with E-state index in [0.717, 1.165) is 0 Å². The van der Waals surface area contributed by atoms with E-state index in [4.69, 9.17) is 14.7 Å². The summed E-state index contributed by atoms with van der Waals surface area (Å²) in [6.45, 7) is 5.94. The summed E-state index contributed by atoms with van der Waals surface area (Å²) in [6, 6.07) is 2.01. The minimum atomic E-state index is 0.00357. The molecule has 1 unspecified atom stereocenters. The zero-order valence-electron chi connectivity index (χ0n) is 10.9. The van der Waals surface area contributed by atoms with Crippen LogP contribution in [-0.2, 0) is 14.3 Å². The minimum Gasteiger partial charge on any atom is -0.379 e. The number of amides is 1. The van der Waals surface area contributed by atoms with Gasteiger partial charge in [0.1, 0.15) is 0 Å². The molecule has 0 rings (SSSR count). The summed E-state index contributed by atoms with van der Waals surface area (Å²) in [5.74, 6) is 0.00357. The molecule has 0 aliphatic heterocycles. The number of nitrogens with zero attached hydrogens (tertiary/aromatic N) is 2. The zero-order chi connectivity index (χ0) is 13.1. The molecule has 1 atom stereocenters. The molecule has 17 heavy (non-hydrogen) atoms. The summed E-state index contributed by atoms with van der Waals surface area (Å²) in [5, 5.41) is 8.40. The molecule has 0 aromatic carbocycles. The molecule has 0 heterocycles. The fraction of sp³-hybridized carbons (Fsp3) is 0.833. The van der Waals surface area contributed by atoms with Gasteiger partial charge in [0.05, 0.1) is 38.2 Å². The van der Waals surface area contributed by atoms with E-state index in [1.165, 1.54) is 0 Å². The third-order valence-corrected chi connectivity index (χ3v) is 2.26. The molecule has 0 N–H and O–H groups in total. The number of carbonyl (C=O) groups excluding carboxylic acids is 1. The maximum Gasteiger partial charge on any atom is 0.224 e. The third kappa shape index (κ3) is 8.66. The van der Waals surface area contributed by atoms with Crippen LogP contribution in [0.3, 0.4) is 0 Å². The smallest absolute Gasteiger partial charge is 0.224 e. The molecule has 0 aliphatic rings. The Balaban J connectivity index is 3.59. The summed E-state index contributed by atoms with van der Waals surface area (Å²) >= 11 is 0. The van der Waals surface area contributed by atoms with Crippen LogP contribution < -0.4 is 0 Å². The van der Waals surface area contributed by atoms with Gasteiger partial charge in [-0.2, -0.15) is 5.26 Å². The number of hydrogen-bond donors (Lipinski definition) is 0. The molecule has 0 aromatic rings. The highest BCUT2D eigenvalue weighted by Crippen LogP contribution is 1.97. The molecule has 0 saturated heterocycles. The second kappa shape index (κ2) is 10.1. The monoisotopic (exact) mass is 242 g/mol. The lowest BCUT2D eigenvalue weighted by molar-refractivity contribution is -0.131. The number of rotatable bonds is 9. The summed E-state index contributed by atoms with van der Waals surface area (Å²) in [5.41, 5.74) is 0. The summed E-state index contributed by atoms with van der Waals surface area (Å²) in [4.78, 5) is 13.1.